The van der Waals surface area contributed by atoms with E-state index in [-0.39, 0.29) is 12.5 Å². The Labute approximate surface area is 108 Å². The van der Waals surface area contributed by atoms with Crippen molar-refractivity contribution in [1.82, 2.24) is 0 Å². The molecule has 1 aromatic carbocycles. The Balaban J connectivity index is 2.25. The van der Waals surface area contributed by atoms with E-state index in [9.17, 15) is 4.79 Å². The van der Waals surface area contributed by atoms with Gasteiger partial charge >= 0.3 is 5.97 Å². The van der Waals surface area contributed by atoms with Gasteiger partial charge in [-0.05, 0) is 61.3 Å². The number of rotatable bonds is 4. The van der Waals surface area contributed by atoms with Crippen LogP contribution in [0.3, 0.4) is 0 Å². The summed E-state index contributed by atoms with van der Waals surface area (Å²) in [6.07, 6.45) is 5.36. The lowest BCUT2D eigenvalue weighted by molar-refractivity contribution is -0.137. The van der Waals surface area contributed by atoms with Crippen LogP contribution in [0.5, 0.6) is 0 Å². The van der Waals surface area contributed by atoms with Crippen LogP contribution in [0.25, 0.3) is 0 Å². The summed E-state index contributed by atoms with van der Waals surface area (Å²) < 4.78 is 0. The lowest BCUT2D eigenvalue weighted by Crippen LogP contribution is -2.17. The van der Waals surface area contributed by atoms with Crippen molar-refractivity contribution in [3.8, 4) is 0 Å². The number of aliphatic carboxylic acids is 1. The molecule has 0 aromatic heterocycles. The normalized spacial score (nSPS) is 16.1. The van der Waals surface area contributed by atoms with Crippen molar-refractivity contribution in [2.75, 3.05) is 0 Å². The van der Waals surface area contributed by atoms with Crippen molar-refractivity contribution in [1.29, 1.82) is 0 Å². The molecular weight excluding hydrogens is 226 g/mol. The van der Waals surface area contributed by atoms with E-state index in [2.05, 4.69) is 19.1 Å². The summed E-state index contributed by atoms with van der Waals surface area (Å²) in [6.45, 7) is 2.15. The molecule has 0 radical (unpaired) electrons. The van der Waals surface area contributed by atoms with Gasteiger partial charge in [-0.3, -0.25) is 4.79 Å². The number of fused-ring (bicyclic) bond motifs is 1. The zero-order valence-electron chi connectivity index (χ0n) is 10.9. The average molecular weight is 247 g/mol. The molecule has 98 valence electrons. The Morgan fingerprint density at radius 2 is 2.00 bits per heavy atom. The smallest absolute Gasteiger partial charge is 0.303 e. The summed E-state index contributed by atoms with van der Waals surface area (Å²) in [6, 6.07) is 4.07. The predicted octanol–water partition coefficient (Wildman–Crippen LogP) is 2.74. The second-order valence-electron chi connectivity index (χ2n) is 5.17. The van der Waals surface area contributed by atoms with Gasteiger partial charge in [-0.1, -0.05) is 12.1 Å². The van der Waals surface area contributed by atoms with E-state index < -0.39 is 5.97 Å². The molecule has 1 aromatic rings. The number of aryl methyl sites for hydroxylation is 1. The van der Waals surface area contributed by atoms with Crippen LogP contribution in [0.1, 0.15) is 54.0 Å². The molecular formula is C15H21NO2. The van der Waals surface area contributed by atoms with Gasteiger partial charge in [0.25, 0.3) is 0 Å². The van der Waals surface area contributed by atoms with Gasteiger partial charge in [-0.2, -0.15) is 0 Å². The quantitative estimate of drug-likeness (QED) is 0.860. The van der Waals surface area contributed by atoms with Crippen LogP contribution in [0.15, 0.2) is 12.1 Å². The molecule has 1 unspecified atom stereocenters. The largest absolute Gasteiger partial charge is 0.481 e. The highest BCUT2D eigenvalue weighted by atomic mass is 16.4. The number of carbonyl (C=O) groups is 1. The first-order valence-electron chi connectivity index (χ1n) is 6.68. The minimum Gasteiger partial charge on any atom is -0.481 e. The summed E-state index contributed by atoms with van der Waals surface area (Å²) in [5.74, 6) is -0.772. The summed E-state index contributed by atoms with van der Waals surface area (Å²) >= 11 is 0. The number of nitrogens with two attached hydrogens (primary N) is 1. The maximum atomic E-state index is 10.6. The SMILES string of the molecule is Cc1ccc(C(N)CCC(=O)O)c2c1CCCC2. The second-order valence-corrected chi connectivity index (χ2v) is 5.17. The highest BCUT2D eigenvalue weighted by Crippen LogP contribution is 2.31. The fourth-order valence-corrected chi connectivity index (χ4v) is 2.86. The fraction of sp³-hybridized carbons (Fsp3) is 0.533. The zero-order chi connectivity index (χ0) is 13.1. The maximum absolute atomic E-state index is 10.6. The summed E-state index contributed by atoms with van der Waals surface area (Å²) in [7, 11) is 0. The molecule has 1 atom stereocenters. The van der Waals surface area contributed by atoms with Gasteiger partial charge in [0, 0.05) is 12.5 Å². The first kappa shape index (κ1) is 13.1. The fourth-order valence-electron chi connectivity index (χ4n) is 2.86. The van der Waals surface area contributed by atoms with Gasteiger partial charge in [0.1, 0.15) is 0 Å². The standard InChI is InChI=1S/C15H21NO2/c1-10-6-7-13(14(16)8-9-15(17)18)12-5-3-2-4-11(10)12/h6-7,14H,2-5,8-9,16H2,1H3,(H,17,18). The Hall–Kier alpha value is -1.35. The van der Waals surface area contributed by atoms with Crippen LogP contribution in [0, 0.1) is 6.92 Å². The molecule has 3 heteroatoms. The Bertz CT molecular complexity index is 454. The van der Waals surface area contributed by atoms with E-state index in [1.54, 1.807) is 0 Å². The average Bonchev–Trinajstić information content (AvgIpc) is 2.37. The molecule has 0 spiro atoms. The van der Waals surface area contributed by atoms with Gasteiger partial charge in [-0.15, -0.1) is 0 Å². The topological polar surface area (TPSA) is 63.3 Å². The van der Waals surface area contributed by atoms with Gasteiger partial charge in [0.05, 0.1) is 0 Å². The molecule has 2 rings (SSSR count). The van der Waals surface area contributed by atoms with E-state index in [1.165, 1.54) is 29.5 Å². The highest BCUT2D eigenvalue weighted by Gasteiger charge is 2.19. The first-order chi connectivity index (χ1) is 8.59. The van der Waals surface area contributed by atoms with Gasteiger partial charge in [0.2, 0.25) is 0 Å². The number of hydrogen-bond donors (Lipinski definition) is 2. The summed E-state index contributed by atoms with van der Waals surface area (Å²) in [4.78, 5) is 10.6. The van der Waals surface area contributed by atoms with Crippen LogP contribution in [-0.4, -0.2) is 11.1 Å². The van der Waals surface area contributed by atoms with Gasteiger partial charge in [-0.25, -0.2) is 0 Å². The number of carboxylic acid groups (broad SMARTS) is 1. The van der Waals surface area contributed by atoms with Gasteiger partial charge < -0.3 is 10.8 Å². The van der Waals surface area contributed by atoms with Crippen molar-refractivity contribution in [2.45, 2.75) is 51.5 Å². The molecule has 1 aliphatic carbocycles. The van der Waals surface area contributed by atoms with E-state index in [0.717, 1.165) is 18.4 Å². The number of benzene rings is 1. The summed E-state index contributed by atoms with van der Waals surface area (Å²) in [5.41, 5.74) is 11.5. The number of carboxylic acids is 1. The third-order valence-corrected chi connectivity index (χ3v) is 3.87. The molecule has 18 heavy (non-hydrogen) atoms. The number of hydrogen-bond acceptors (Lipinski definition) is 2. The molecule has 0 aliphatic heterocycles. The lowest BCUT2D eigenvalue weighted by atomic mass is 9.83. The van der Waals surface area contributed by atoms with E-state index in [0.29, 0.717) is 6.42 Å². The molecule has 0 saturated heterocycles. The molecule has 0 bridgehead atoms. The van der Waals surface area contributed by atoms with Crippen LogP contribution >= 0.6 is 0 Å². The van der Waals surface area contributed by atoms with E-state index in [4.69, 9.17) is 10.8 Å². The molecule has 0 heterocycles. The molecule has 3 nitrogen and oxygen atoms in total. The second kappa shape index (κ2) is 5.53. The first-order valence-corrected chi connectivity index (χ1v) is 6.68. The monoisotopic (exact) mass is 247 g/mol. The van der Waals surface area contributed by atoms with E-state index in [1.807, 2.05) is 0 Å². The van der Waals surface area contributed by atoms with Crippen molar-refractivity contribution in [3.63, 3.8) is 0 Å². The van der Waals surface area contributed by atoms with Crippen LogP contribution in [-0.2, 0) is 17.6 Å². The zero-order valence-corrected chi connectivity index (χ0v) is 10.9. The van der Waals surface area contributed by atoms with Gasteiger partial charge in [0.15, 0.2) is 0 Å². The van der Waals surface area contributed by atoms with Crippen molar-refractivity contribution < 1.29 is 9.90 Å². The molecule has 3 N–H and O–H groups in total. The van der Waals surface area contributed by atoms with E-state index >= 15 is 0 Å². The molecule has 0 saturated carbocycles. The van der Waals surface area contributed by atoms with Crippen molar-refractivity contribution >= 4 is 5.97 Å². The molecule has 0 amide bonds. The maximum Gasteiger partial charge on any atom is 0.303 e. The van der Waals surface area contributed by atoms with Crippen molar-refractivity contribution in [3.05, 3.63) is 34.4 Å². The minimum atomic E-state index is -0.772. The lowest BCUT2D eigenvalue weighted by Gasteiger charge is -2.24. The van der Waals surface area contributed by atoms with Crippen LogP contribution < -0.4 is 5.73 Å². The highest BCUT2D eigenvalue weighted by molar-refractivity contribution is 5.66. The molecule has 0 fully saturated rings. The molecule has 1 aliphatic rings. The predicted molar refractivity (Wildman–Crippen MR) is 71.6 cm³/mol. The van der Waals surface area contributed by atoms with Crippen LogP contribution in [0.4, 0.5) is 0 Å². The third kappa shape index (κ3) is 2.72. The van der Waals surface area contributed by atoms with Crippen LogP contribution in [0.2, 0.25) is 0 Å². The Kier molecular flexibility index (Phi) is 4.02. The Morgan fingerprint density at radius 3 is 2.67 bits per heavy atom. The summed E-state index contributed by atoms with van der Waals surface area (Å²) in [5, 5.41) is 8.74. The van der Waals surface area contributed by atoms with Crippen molar-refractivity contribution in [2.24, 2.45) is 5.73 Å². The Morgan fingerprint density at radius 1 is 1.33 bits per heavy atom. The minimum absolute atomic E-state index is 0.143. The third-order valence-electron chi connectivity index (χ3n) is 3.87.